The van der Waals surface area contributed by atoms with E-state index in [4.69, 9.17) is 4.74 Å². The molecule has 0 saturated carbocycles. The molecule has 0 atom stereocenters. The van der Waals surface area contributed by atoms with Crippen LogP contribution < -0.4 is 0 Å². The predicted octanol–water partition coefficient (Wildman–Crippen LogP) is 0.960. The van der Waals surface area contributed by atoms with Crippen LogP contribution in [0.4, 0.5) is 5.69 Å². The molecule has 0 fully saturated rings. The summed E-state index contributed by atoms with van der Waals surface area (Å²) >= 11 is 0. The molecule has 122 valence electrons. The van der Waals surface area contributed by atoms with Gasteiger partial charge in [-0.25, -0.2) is 13.2 Å². The van der Waals surface area contributed by atoms with Gasteiger partial charge in [0, 0.05) is 12.3 Å². The molecular weight excluding hydrogens is 328 g/mol. The number of aromatic nitrogens is 3. The topological polar surface area (TPSA) is 145 Å². The minimum absolute atomic E-state index is 0.0424. The first-order valence-electron chi connectivity index (χ1n) is 6.32. The van der Waals surface area contributed by atoms with Crippen LogP contribution in [0.3, 0.4) is 0 Å². The molecule has 0 spiro atoms. The summed E-state index contributed by atoms with van der Waals surface area (Å²) in [5, 5.41) is 20.8. The number of esters is 1. The number of nitro groups is 1. The molecule has 10 nitrogen and oxygen atoms in total. The van der Waals surface area contributed by atoms with Crippen LogP contribution in [-0.4, -0.2) is 47.6 Å². The van der Waals surface area contributed by atoms with Crippen molar-refractivity contribution in [2.75, 3.05) is 12.9 Å². The number of H-pyrrole nitrogens is 1. The van der Waals surface area contributed by atoms with E-state index in [2.05, 4.69) is 15.4 Å². The van der Waals surface area contributed by atoms with Crippen LogP contribution in [-0.2, 0) is 14.6 Å². The van der Waals surface area contributed by atoms with E-state index in [-0.39, 0.29) is 28.5 Å². The molecule has 0 unspecified atom stereocenters. The lowest BCUT2D eigenvalue weighted by Gasteiger charge is -2.04. The van der Waals surface area contributed by atoms with E-state index in [1.54, 1.807) is 6.92 Å². The average molecular weight is 340 g/mol. The van der Waals surface area contributed by atoms with Gasteiger partial charge in [-0.2, -0.15) is 10.3 Å². The molecule has 1 aromatic carbocycles. The Morgan fingerprint density at radius 2 is 2.09 bits per heavy atom. The van der Waals surface area contributed by atoms with Gasteiger partial charge in [-0.05, 0) is 19.1 Å². The summed E-state index contributed by atoms with van der Waals surface area (Å²) in [6.07, 6.45) is 0.936. The van der Waals surface area contributed by atoms with Gasteiger partial charge in [0.05, 0.1) is 22.0 Å². The fourth-order valence-corrected chi connectivity index (χ4v) is 2.49. The quantitative estimate of drug-likeness (QED) is 0.481. The first-order chi connectivity index (χ1) is 10.8. The van der Waals surface area contributed by atoms with Gasteiger partial charge < -0.3 is 4.74 Å². The van der Waals surface area contributed by atoms with Crippen LogP contribution in [0.5, 0.6) is 0 Å². The maximum atomic E-state index is 11.8. The molecule has 0 aliphatic heterocycles. The molecule has 2 rings (SSSR count). The van der Waals surface area contributed by atoms with E-state index < -0.39 is 26.4 Å². The average Bonchev–Trinajstić information content (AvgIpc) is 2.95. The van der Waals surface area contributed by atoms with Crippen LogP contribution in [0.15, 0.2) is 23.1 Å². The van der Waals surface area contributed by atoms with Crippen molar-refractivity contribution >= 4 is 21.5 Å². The summed E-state index contributed by atoms with van der Waals surface area (Å²) < 4.78 is 27.9. The Morgan fingerprint density at radius 3 is 2.65 bits per heavy atom. The molecule has 11 heteroatoms. The van der Waals surface area contributed by atoms with Crippen molar-refractivity contribution in [3.8, 4) is 11.3 Å². The number of ether oxygens (including phenoxy) is 1. The number of hydrogen-bond donors (Lipinski definition) is 1. The van der Waals surface area contributed by atoms with Gasteiger partial charge in [-0.15, -0.1) is 5.10 Å². The van der Waals surface area contributed by atoms with Crippen molar-refractivity contribution in [1.82, 2.24) is 15.4 Å². The lowest BCUT2D eigenvalue weighted by atomic mass is 10.1. The van der Waals surface area contributed by atoms with Crippen molar-refractivity contribution in [3.63, 3.8) is 0 Å². The molecule has 1 aromatic heterocycles. The van der Waals surface area contributed by atoms with Gasteiger partial charge in [0.15, 0.2) is 15.5 Å². The molecule has 0 aliphatic carbocycles. The normalized spacial score (nSPS) is 11.2. The Morgan fingerprint density at radius 1 is 1.39 bits per heavy atom. The number of carbonyl (C=O) groups excluding carboxylic acids is 1. The second-order valence-electron chi connectivity index (χ2n) is 4.45. The van der Waals surface area contributed by atoms with E-state index >= 15 is 0 Å². The summed E-state index contributed by atoms with van der Waals surface area (Å²) in [7, 11) is -3.62. The van der Waals surface area contributed by atoms with Gasteiger partial charge in [-0.1, -0.05) is 0 Å². The SMILES string of the molecule is CCOC(=O)c1n[nH]nc1-c1ccc(S(C)(=O)=O)cc1[N+](=O)[O-]. The van der Waals surface area contributed by atoms with Crippen LogP contribution in [0, 0.1) is 10.1 Å². The van der Waals surface area contributed by atoms with Crippen molar-refractivity contribution in [2.24, 2.45) is 0 Å². The zero-order chi connectivity index (χ0) is 17.2. The second kappa shape index (κ2) is 6.12. The van der Waals surface area contributed by atoms with Crippen molar-refractivity contribution in [2.45, 2.75) is 11.8 Å². The molecule has 0 bridgehead atoms. The van der Waals surface area contributed by atoms with Gasteiger partial charge >= 0.3 is 5.97 Å². The Labute approximate surface area is 130 Å². The minimum atomic E-state index is -3.62. The number of hydrogen-bond acceptors (Lipinski definition) is 8. The van der Waals surface area contributed by atoms with Gasteiger partial charge in [0.25, 0.3) is 5.69 Å². The number of nitro benzene ring substituents is 1. The van der Waals surface area contributed by atoms with Crippen molar-refractivity contribution < 1.29 is 22.9 Å². The third-order valence-electron chi connectivity index (χ3n) is 2.87. The van der Waals surface area contributed by atoms with Crippen molar-refractivity contribution in [1.29, 1.82) is 0 Å². The van der Waals surface area contributed by atoms with E-state index in [0.717, 1.165) is 12.3 Å². The lowest BCUT2D eigenvalue weighted by Crippen LogP contribution is -2.07. The molecule has 1 heterocycles. The fraction of sp³-hybridized carbons (Fsp3) is 0.250. The Balaban J connectivity index is 2.63. The number of nitrogens with one attached hydrogen (secondary N) is 1. The maximum absolute atomic E-state index is 11.8. The molecular formula is C12H12N4O6S. The monoisotopic (exact) mass is 340 g/mol. The van der Waals surface area contributed by atoms with E-state index in [1.165, 1.54) is 12.1 Å². The van der Waals surface area contributed by atoms with Gasteiger partial charge in [0.1, 0.15) is 5.69 Å². The highest BCUT2D eigenvalue weighted by Crippen LogP contribution is 2.32. The minimum Gasteiger partial charge on any atom is -0.461 e. The zero-order valence-corrected chi connectivity index (χ0v) is 13.0. The van der Waals surface area contributed by atoms with Crippen LogP contribution in [0.2, 0.25) is 0 Å². The van der Waals surface area contributed by atoms with E-state index in [1.807, 2.05) is 0 Å². The maximum Gasteiger partial charge on any atom is 0.361 e. The largest absolute Gasteiger partial charge is 0.461 e. The summed E-state index contributed by atoms with van der Waals surface area (Å²) in [6.45, 7) is 1.70. The molecule has 0 amide bonds. The Kier molecular flexibility index (Phi) is 4.40. The number of sulfone groups is 1. The second-order valence-corrected chi connectivity index (χ2v) is 6.47. The third kappa shape index (κ3) is 3.34. The van der Waals surface area contributed by atoms with E-state index in [9.17, 15) is 23.3 Å². The molecule has 1 N–H and O–H groups in total. The van der Waals surface area contributed by atoms with Gasteiger partial charge in [0.2, 0.25) is 0 Å². The molecule has 23 heavy (non-hydrogen) atoms. The highest BCUT2D eigenvalue weighted by molar-refractivity contribution is 7.90. The number of aromatic amines is 1. The fourth-order valence-electron chi connectivity index (χ4n) is 1.85. The smallest absolute Gasteiger partial charge is 0.361 e. The highest BCUT2D eigenvalue weighted by atomic mass is 32.2. The Bertz CT molecular complexity index is 873. The summed E-state index contributed by atoms with van der Waals surface area (Å²) in [5.41, 5.74) is -0.858. The summed E-state index contributed by atoms with van der Waals surface area (Å²) in [6, 6.07) is 3.31. The lowest BCUT2D eigenvalue weighted by molar-refractivity contribution is -0.384. The van der Waals surface area contributed by atoms with Crippen LogP contribution >= 0.6 is 0 Å². The van der Waals surface area contributed by atoms with Crippen LogP contribution in [0.25, 0.3) is 11.3 Å². The van der Waals surface area contributed by atoms with Crippen LogP contribution in [0.1, 0.15) is 17.4 Å². The number of carbonyl (C=O) groups is 1. The number of rotatable bonds is 5. The third-order valence-corrected chi connectivity index (χ3v) is 3.98. The summed E-state index contributed by atoms with van der Waals surface area (Å²) in [5.74, 6) is -0.794. The number of benzene rings is 1. The first kappa shape index (κ1) is 16.5. The van der Waals surface area contributed by atoms with E-state index in [0.29, 0.717) is 0 Å². The highest BCUT2D eigenvalue weighted by Gasteiger charge is 2.26. The first-order valence-corrected chi connectivity index (χ1v) is 8.21. The Hall–Kier alpha value is -2.82. The van der Waals surface area contributed by atoms with Crippen molar-refractivity contribution in [3.05, 3.63) is 34.0 Å². The molecule has 0 radical (unpaired) electrons. The van der Waals surface area contributed by atoms with Gasteiger partial charge in [-0.3, -0.25) is 10.1 Å². The molecule has 0 aliphatic rings. The zero-order valence-electron chi connectivity index (χ0n) is 12.1. The standard InChI is InChI=1S/C12H12N4O6S/c1-3-22-12(17)11-10(13-15-14-11)8-5-4-7(23(2,20)21)6-9(8)16(18)19/h4-6H,3H2,1-2H3,(H,13,14,15). The molecule has 2 aromatic rings. The number of nitrogens with zero attached hydrogens (tertiary/aromatic N) is 3. The molecule has 0 saturated heterocycles. The summed E-state index contributed by atoms with van der Waals surface area (Å²) in [4.78, 5) is 22.1. The predicted molar refractivity (Wildman–Crippen MR) is 77.5 cm³/mol.